The number of hydrogen-bond acceptors (Lipinski definition) is 5. The molecular weight excluding hydrogens is 292 g/mol. The van der Waals surface area contributed by atoms with Gasteiger partial charge in [0.05, 0.1) is 17.0 Å². The van der Waals surface area contributed by atoms with Gasteiger partial charge in [-0.25, -0.2) is 13.1 Å². The molecule has 0 saturated carbocycles. The van der Waals surface area contributed by atoms with Gasteiger partial charge in [0.2, 0.25) is 15.9 Å². The summed E-state index contributed by atoms with van der Waals surface area (Å²) in [5, 5.41) is 8.98. The number of hydrogen-bond donors (Lipinski definition) is 2. The van der Waals surface area contributed by atoms with Crippen molar-refractivity contribution in [3.05, 3.63) is 23.8 Å². The minimum absolute atomic E-state index is 0.0576. The number of carbonyl (C=O) groups excluding carboxylic acids is 1. The van der Waals surface area contributed by atoms with Crippen molar-refractivity contribution in [2.45, 2.75) is 18.7 Å². The quantitative estimate of drug-likeness (QED) is 0.732. The molecule has 8 heteroatoms. The molecule has 0 fully saturated rings. The van der Waals surface area contributed by atoms with E-state index in [-0.39, 0.29) is 22.9 Å². The maximum absolute atomic E-state index is 12.2. The topological polar surface area (TPSA) is 116 Å². The van der Waals surface area contributed by atoms with Crippen molar-refractivity contribution in [2.75, 3.05) is 25.4 Å². The monoisotopic (exact) mass is 310 g/mol. The molecule has 3 N–H and O–H groups in total. The van der Waals surface area contributed by atoms with Gasteiger partial charge >= 0.3 is 0 Å². The zero-order valence-electron chi connectivity index (χ0n) is 12.0. The number of anilines is 1. The molecule has 0 aromatic heterocycles. The third-order valence-electron chi connectivity index (χ3n) is 2.94. The van der Waals surface area contributed by atoms with Crippen molar-refractivity contribution in [3.63, 3.8) is 0 Å². The van der Waals surface area contributed by atoms with Crippen LogP contribution in [-0.4, -0.2) is 38.9 Å². The predicted molar refractivity (Wildman–Crippen MR) is 78.7 cm³/mol. The number of nitrogens with zero attached hydrogens (tertiary/aromatic N) is 2. The van der Waals surface area contributed by atoms with Gasteiger partial charge in [0, 0.05) is 18.8 Å². The zero-order valence-corrected chi connectivity index (χ0v) is 12.8. The number of nitriles is 1. The molecule has 0 heterocycles. The molecule has 21 heavy (non-hydrogen) atoms. The number of nitrogens with one attached hydrogen (secondary N) is 1. The van der Waals surface area contributed by atoms with Crippen LogP contribution in [0.15, 0.2) is 23.1 Å². The molecule has 0 atom stereocenters. The number of nitrogens with two attached hydrogens (primary N) is 1. The summed E-state index contributed by atoms with van der Waals surface area (Å²) in [5.41, 5.74) is 5.76. The highest BCUT2D eigenvalue weighted by Crippen LogP contribution is 2.17. The van der Waals surface area contributed by atoms with Crippen molar-refractivity contribution < 1.29 is 13.2 Å². The average molecular weight is 310 g/mol. The Labute approximate surface area is 124 Å². The largest absolute Gasteiger partial charge is 0.399 e. The fourth-order valence-electron chi connectivity index (χ4n) is 1.79. The van der Waals surface area contributed by atoms with Crippen LogP contribution in [0.4, 0.5) is 5.69 Å². The summed E-state index contributed by atoms with van der Waals surface area (Å²) >= 11 is 0. The van der Waals surface area contributed by atoms with Gasteiger partial charge in [-0.2, -0.15) is 5.26 Å². The van der Waals surface area contributed by atoms with E-state index in [2.05, 4.69) is 4.72 Å². The molecule has 0 aliphatic heterocycles. The lowest BCUT2D eigenvalue weighted by Crippen LogP contribution is -2.40. The number of sulfonamides is 1. The summed E-state index contributed by atoms with van der Waals surface area (Å²) in [6, 6.07) is 5.70. The molecule has 0 spiro atoms. The third-order valence-corrected chi connectivity index (χ3v) is 4.40. The van der Waals surface area contributed by atoms with Gasteiger partial charge in [0.1, 0.15) is 6.07 Å². The summed E-state index contributed by atoms with van der Waals surface area (Å²) in [4.78, 5) is 13.1. The average Bonchev–Trinajstić information content (AvgIpc) is 2.46. The smallest absolute Gasteiger partial charge is 0.242 e. The van der Waals surface area contributed by atoms with Crippen molar-refractivity contribution in [1.29, 1.82) is 5.26 Å². The van der Waals surface area contributed by atoms with Crippen LogP contribution < -0.4 is 10.5 Å². The number of nitrogen functional groups attached to an aromatic ring is 1. The number of carbonyl (C=O) groups is 1. The van der Waals surface area contributed by atoms with E-state index >= 15 is 0 Å². The Balaban J connectivity index is 2.94. The predicted octanol–water partition coefficient (Wildman–Crippen LogP) is 0.287. The van der Waals surface area contributed by atoms with Gasteiger partial charge in [-0.05, 0) is 32.0 Å². The highest BCUT2D eigenvalue weighted by Gasteiger charge is 2.20. The first-order chi connectivity index (χ1) is 9.85. The van der Waals surface area contributed by atoms with E-state index in [0.29, 0.717) is 18.8 Å². The van der Waals surface area contributed by atoms with Crippen LogP contribution in [0.2, 0.25) is 0 Å². The summed E-state index contributed by atoms with van der Waals surface area (Å²) in [6.07, 6.45) is 0. The van der Waals surface area contributed by atoms with Crippen LogP contribution in [0.1, 0.15) is 19.4 Å². The number of benzene rings is 1. The van der Waals surface area contributed by atoms with Gasteiger partial charge in [-0.15, -0.1) is 0 Å². The minimum Gasteiger partial charge on any atom is -0.399 e. The number of likely N-dealkylation sites (N-methyl/N-ethyl adjacent to an activating group) is 1. The molecule has 0 saturated heterocycles. The first-order valence-corrected chi connectivity index (χ1v) is 7.91. The Morgan fingerprint density at radius 2 is 2.00 bits per heavy atom. The fourth-order valence-corrected chi connectivity index (χ4v) is 2.90. The normalized spacial score (nSPS) is 10.9. The third kappa shape index (κ3) is 4.18. The second kappa shape index (κ2) is 7.06. The molecule has 114 valence electrons. The SMILES string of the molecule is CCN(CC)C(=O)CNS(=O)(=O)c1ccc(N)cc1C#N. The van der Waals surface area contributed by atoms with E-state index in [0.717, 1.165) is 0 Å². The lowest BCUT2D eigenvalue weighted by Gasteiger charge is -2.18. The van der Waals surface area contributed by atoms with Gasteiger partial charge in [0.25, 0.3) is 0 Å². The Morgan fingerprint density at radius 1 is 1.38 bits per heavy atom. The van der Waals surface area contributed by atoms with Crippen LogP contribution >= 0.6 is 0 Å². The Morgan fingerprint density at radius 3 is 2.52 bits per heavy atom. The van der Waals surface area contributed by atoms with E-state index in [4.69, 9.17) is 11.0 Å². The van der Waals surface area contributed by atoms with Crippen LogP contribution in [0.3, 0.4) is 0 Å². The van der Waals surface area contributed by atoms with E-state index in [9.17, 15) is 13.2 Å². The van der Waals surface area contributed by atoms with Gasteiger partial charge < -0.3 is 10.6 Å². The molecule has 0 aliphatic carbocycles. The number of rotatable bonds is 6. The lowest BCUT2D eigenvalue weighted by atomic mass is 10.2. The van der Waals surface area contributed by atoms with E-state index in [1.165, 1.54) is 23.1 Å². The molecule has 1 aromatic rings. The fraction of sp³-hybridized carbons (Fsp3) is 0.385. The molecule has 0 unspecified atom stereocenters. The first kappa shape index (κ1) is 16.9. The van der Waals surface area contributed by atoms with Crippen LogP contribution in [-0.2, 0) is 14.8 Å². The first-order valence-electron chi connectivity index (χ1n) is 6.42. The van der Waals surface area contributed by atoms with Crippen molar-refractivity contribution in [2.24, 2.45) is 0 Å². The lowest BCUT2D eigenvalue weighted by molar-refractivity contribution is -0.129. The zero-order chi connectivity index (χ0) is 16.0. The van der Waals surface area contributed by atoms with Crippen LogP contribution in [0.25, 0.3) is 0 Å². The standard InChI is InChI=1S/C13H18N4O3S/c1-3-17(4-2)13(18)9-16-21(19,20)12-6-5-11(15)7-10(12)8-14/h5-7,16H,3-4,9,15H2,1-2H3. The molecular formula is C13H18N4O3S. The summed E-state index contributed by atoms with van der Waals surface area (Å²) in [6.45, 7) is 4.28. The van der Waals surface area contributed by atoms with E-state index in [1.807, 2.05) is 13.8 Å². The molecule has 0 radical (unpaired) electrons. The van der Waals surface area contributed by atoms with Gasteiger partial charge in [0.15, 0.2) is 0 Å². The minimum atomic E-state index is -3.94. The van der Waals surface area contributed by atoms with Gasteiger partial charge in [-0.3, -0.25) is 4.79 Å². The maximum atomic E-state index is 12.2. The number of amides is 1. The maximum Gasteiger partial charge on any atom is 0.242 e. The van der Waals surface area contributed by atoms with Crippen LogP contribution in [0.5, 0.6) is 0 Å². The highest BCUT2D eigenvalue weighted by atomic mass is 32.2. The molecule has 1 rings (SSSR count). The van der Waals surface area contributed by atoms with Crippen molar-refractivity contribution in [1.82, 2.24) is 9.62 Å². The van der Waals surface area contributed by atoms with Gasteiger partial charge in [-0.1, -0.05) is 0 Å². The summed E-state index contributed by atoms with van der Waals surface area (Å²) < 4.78 is 26.5. The molecule has 0 aliphatic rings. The Hall–Kier alpha value is -2.11. The summed E-state index contributed by atoms with van der Waals surface area (Å²) in [5.74, 6) is -0.322. The highest BCUT2D eigenvalue weighted by molar-refractivity contribution is 7.89. The van der Waals surface area contributed by atoms with E-state index in [1.54, 1.807) is 6.07 Å². The van der Waals surface area contributed by atoms with Crippen LogP contribution in [0, 0.1) is 11.3 Å². The second-order valence-corrected chi connectivity index (χ2v) is 5.99. The Bertz CT molecular complexity index is 660. The molecule has 1 amide bonds. The van der Waals surface area contributed by atoms with Crippen molar-refractivity contribution >= 4 is 21.6 Å². The Kier molecular flexibility index (Phi) is 5.69. The summed E-state index contributed by atoms with van der Waals surface area (Å²) in [7, 11) is -3.94. The molecule has 0 bridgehead atoms. The molecule has 1 aromatic carbocycles. The second-order valence-electron chi connectivity index (χ2n) is 4.26. The van der Waals surface area contributed by atoms with E-state index < -0.39 is 10.0 Å². The molecule has 7 nitrogen and oxygen atoms in total. The van der Waals surface area contributed by atoms with Crippen molar-refractivity contribution in [3.8, 4) is 6.07 Å².